The maximum absolute atomic E-state index is 13.3. The van der Waals surface area contributed by atoms with E-state index in [4.69, 9.17) is 39.0 Å². The SMILES string of the molecule is CO[C@@H]1COP(=O)(O)O[C@H]2[C@@H](O)[C@H](n3cnc4c(N)nccc43)O[C@@H]2COP(=O)(O)O[C@@H](n2cnc3c(=O)[nH]c(N)nc32)[C@@H]1O. The van der Waals surface area contributed by atoms with Gasteiger partial charge in [0.25, 0.3) is 5.56 Å². The number of nitrogens with two attached hydrogens (primary N) is 2. The largest absolute Gasteiger partial charge is 0.474 e. The third kappa shape index (κ3) is 5.99. The number of hydrogen-bond donors (Lipinski definition) is 7. The van der Waals surface area contributed by atoms with Gasteiger partial charge in [0.1, 0.15) is 36.0 Å². The molecule has 0 amide bonds. The molecule has 0 bridgehead atoms. The van der Waals surface area contributed by atoms with Gasteiger partial charge in [-0.1, -0.05) is 0 Å². The number of phosphoric ester groups is 2. The molecule has 24 heteroatoms. The molecule has 0 aliphatic carbocycles. The molecule has 2 fully saturated rings. The van der Waals surface area contributed by atoms with Crippen LogP contribution in [0, 0.1) is 0 Å². The van der Waals surface area contributed by atoms with E-state index in [1.165, 1.54) is 23.2 Å². The number of H-pyrrole nitrogens is 1. The number of aliphatic hydroxyl groups is 2. The number of aliphatic hydroxyl groups excluding tert-OH is 2. The monoisotopic (exact) mass is 675 g/mol. The van der Waals surface area contributed by atoms with Gasteiger partial charge in [-0.05, 0) is 6.07 Å². The molecule has 0 aromatic carbocycles. The number of pyridine rings is 1. The van der Waals surface area contributed by atoms with Crippen LogP contribution in [-0.2, 0) is 36.7 Å². The molecule has 6 rings (SSSR count). The van der Waals surface area contributed by atoms with Gasteiger partial charge in [-0.2, -0.15) is 4.98 Å². The van der Waals surface area contributed by atoms with E-state index in [1.54, 1.807) is 0 Å². The summed E-state index contributed by atoms with van der Waals surface area (Å²) in [4.78, 5) is 51.9. The highest BCUT2D eigenvalue weighted by Gasteiger charge is 2.51. The maximum Gasteiger partial charge on any atom is 0.474 e. The summed E-state index contributed by atoms with van der Waals surface area (Å²) in [6.45, 7) is -1.70. The fraction of sp³-hybridized carbons (Fsp3) is 0.476. The first-order valence-electron chi connectivity index (χ1n) is 12.9. The van der Waals surface area contributed by atoms with Gasteiger partial charge in [-0.3, -0.25) is 32.4 Å². The van der Waals surface area contributed by atoms with Crippen molar-refractivity contribution in [3.8, 4) is 0 Å². The summed E-state index contributed by atoms with van der Waals surface area (Å²) in [5.41, 5.74) is 10.9. The zero-order valence-corrected chi connectivity index (χ0v) is 24.7. The zero-order chi connectivity index (χ0) is 32.3. The predicted octanol–water partition coefficient (Wildman–Crippen LogP) is -1.49. The Morgan fingerprint density at radius 3 is 2.42 bits per heavy atom. The van der Waals surface area contributed by atoms with Gasteiger partial charge in [-0.15, -0.1) is 0 Å². The molecular weight excluding hydrogens is 648 g/mol. The Labute approximate surface area is 250 Å². The van der Waals surface area contributed by atoms with Crippen LogP contribution in [0.25, 0.3) is 22.2 Å². The van der Waals surface area contributed by atoms with Gasteiger partial charge >= 0.3 is 15.6 Å². The number of ether oxygens (including phenoxy) is 2. The van der Waals surface area contributed by atoms with E-state index >= 15 is 0 Å². The molecule has 9 N–H and O–H groups in total. The fourth-order valence-corrected chi connectivity index (χ4v) is 6.84. The number of anilines is 2. The maximum atomic E-state index is 13.3. The van der Waals surface area contributed by atoms with Gasteiger partial charge in [0, 0.05) is 13.3 Å². The van der Waals surface area contributed by atoms with Crippen LogP contribution in [0.5, 0.6) is 0 Å². The van der Waals surface area contributed by atoms with Crippen LogP contribution < -0.4 is 17.0 Å². The van der Waals surface area contributed by atoms with E-state index in [0.29, 0.717) is 5.52 Å². The van der Waals surface area contributed by atoms with Gasteiger partial charge in [0.2, 0.25) is 5.95 Å². The standard InChI is InChI=1S/C21H27N9O13P2/c1-38-9-4-39-44(34,35)42-15-10(41-19(14(15)32)29-6-25-11-8(29)2-3-24-16(11)22)5-40-45(36,37)43-20(13(9)31)30-7-26-12-17(30)27-21(23)28-18(12)33/h2-3,6-7,9-10,13-15,19-20,31-32H,4-5H2,1H3,(H2,22,24)(H,34,35)(H,36,37)(H3,23,27,28,33)/t9-,10-,13-,14-,15-,19-,20-/m1/s1. The molecule has 2 aliphatic heterocycles. The second kappa shape index (κ2) is 11.8. The molecular formula is C21H27N9O13P2. The van der Waals surface area contributed by atoms with E-state index in [9.17, 15) is 33.9 Å². The molecule has 2 saturated heterocycles. The summed E-state index contributed by atoms with van der Waals surface area (Å²) < 4.78 is 60.5. The first-order chi connectivity index (χ1) is 21.3. The number of rotatable bonds is 3. The summed E-state index contributed by atoms with van der Waals surface area (Å²) in [5, 5.41) is 22.4. The summed E-state index contributed by atoms with van der Waals surface area (Å²) in [6.07, 6.45) is -7.96. The van der Waals surface area contributed by atoms with Gasteiger partial charge < -0.3 is 45.5 Å². The first kappa shape index (κ1) is 31.6. The van der Waals surface area contributed by atoms with E-state index in [-0.39, 0.29) is 28.4 Å². The number of aromatic amines is 1. The molecule has 2 aliphatic rings. The number of aromatic nitrogens is 7. The molecule has 4 aromatic rings. The van der Waals surface area contributed by atoms with Crippen LogP contribution >= 0.6 is 15.6 Å². The number of imidazole rings is 2. The van der Waals surface area contributed by atoms with Crippen LogP contribution in [0.3, 0.4) is 0 Å². The summed E-state index contributed by atoms with van der Waals surface area (Å²) in [6, 6.07) is 1.53. The zero-order valence-electron chi connectivity index (χ0n) is 23.0. The van der Waals surface area contributed by atoms with Crippen LogP contribution in [0.2, 0.25) is 0 Å². The average molecular weight is 675 g/mol. The highest BCUT2D eigenvalue weighted by molar-refractivity contribution is 7.47. The lowest BCUT2D eigenvalue weighted by Crippen LogP contribution is -2.40. The quantitative estimate of drug-likeness (QED) is 0.122. The highest BCUT2D eigenvalue weighted by atomic mass is 31.2. The molecule has 4 aromatic heterocycles. The lowest BCUT2D eigenvalue weighted by molar-refractivity contribution is -0.113. The number of nitrogen functional groups attached to an aromatic ring is 2. The number of methoxy groups -OCH3 is 1. The van der Waals surface area contributed by atoms with Crippen LogP contribution in [0.1, 0.15) is 12.5 Å². The summed E-state index contributed by atoms with van der Waals surface area (Å²) in [5.74, 6) is -0.255. The second-order valence-corrected chi connectivity index (χ2v) is 12.7. The highest BCUT2D eigenvalue weighted by Crippen LogP contribution is 2.52. The number of nitrogens with one attached hydrogen (secondary N) is 1. The topological polar surface area (TPSA) is 317 Å². The molecule has 0 spiro atoms. The Hall–Kier alpha value is -3.37. The van der Waals surface area contributed by atoms with E-state index in [0.717, 1.165) is 18.0 Å². The Kier molecular flexibility index (Phi) is 8.27. The van der Waals surface area contributed by atoms with Crippen LogP contribution in [0.15, 0.2) is 29.7 Å². The second-order valence-electron chi connectivity index (χ2n) is 9.91. The Morgan fingerprint density at radius 1 is 0.978 bits per heavy atom. The third-order valence-corrected chi connectivity index (χ3v) is 9.05. The molecule has 22 nitrogen and oxygen atoms in total. The Bertz CT molecular complexity index is 1880. The minimum Gasteiger partial charge on any atom is -0.386 e. The van der Waals surface area contributed by atoms with Gasteiger partial charge in [0.05, 0.1) is 31.4 Å². The molecule has 0 saturated carbocycles. The predicted molar refractivity (Wildman–Crippen MR) is 148 cm³/mol. The van der Waals surface area contributed by atoms with Crippen molar-refractivity contribution in [2.45, 2.75) is 43.0 Å². The van der Waals surface area contributed by atoms with Gasteiger partial charge in [0.15, 0.2) is 29.4 Å². The third-order valence-electron chi connectivity index (χ3n) is 7.10. The molecule has 0 radical (unpaired) electrons. The lowest BCUT2D eigenvalue weighted by Gasteiger charge is -2.30. The summed E-state index contributed by atoms with van der Waals surface area (Å²) >= 11 is 0. The summed E-state index contributed by atoms with van der Waals surface area (Å²) in [7, 11) is -9.16. The number of phosphoric acid groups is 2. The van der Waals surface area contributed by atoms with Crippen molar-refractivity contribution in [2.75, 3.05) is 31.8 Å². The molecule has 244 valence electrons. The van der Waals surface area contributed by atoms with E-state index in [2.05, 4.69) is 24.9 Å². The van der Waals surface area contributed by atoms with Crippen molar-refractivity contribution < 1.29 is 56.7 Å². The Balaban J connectivity index is 1.36. The normalized spacial score (nSPS) is 35.1. The van der Waals surface area contributed by atoms with Crippen molar-refractivity contribution >= 4 is 49.6 Å². The molecule has 45 heavy (non-hydrogen) atoms. The fourth-order valence-electron chi connectivity index (χ4n) is 4.98. The van der Waals surface area contributed by atoms with E-state index < -0.39 is 77.4 Å². The van der Waals surface area contributed by atoms with Crippen molar-refractivity contribution in [3.05, 3.63) is 35.3 Å². The van der Waals surface area contributed by atoms with Crippen LogP contribution in [-0.4, -0.2) is 105 Å². The first-order valence-corrected chi connectivity index (χ1v) is 15.9. The smallest absolute Gasteiger partial charge is 0.386 e. The van der Waals surface area contributed by atoms with Crippen molar-refractivity contribution in [2.24, 2.45) is 0 Å². The van der Waals surface area contributed by atoms with E-state index in [1.807, 2.05) is 0 Å². The Morgan fingerprint density at radius 2 is 1.67 bits per heavy atom. The minimum atomic E-state index is -5.20. The average Bonchev–Trinajstić information content (AvgIpc) is 3.67. The molecule has 2 unspecified atom stereocenters. The van der Waals surface area contributed by atoms with Crippen molar-refractivity contribution in [3.63, 3.8) is 0 Å². The van der Waals surface area contributed by atoms with Gasteiger partial charge in [-0.25, -0.2) is 24.1 Å². The minimum absolute atomic E-state index is 0.0881. The number of fused-ring (bicyclic) bond motifs is 3. The van der Waals surface area contributed by atoms with Crippen LogP contribution in [0.4, 0.5) is 11.8 Å². The van der Waals surface area contributed by atoms with Crippen molar-refractivity contribution in [1.82, 2.24) is 34.1 Å². The number of nitrogens with zero attached hydrogens (tertiary/aromatic N) is 6. The lowest BCUT2D eigenvalue weighted by atomic mass is 10.1. The molecule has 9 atom stereocenters. The van der Waals surface area contributed by atoms with Crippen molar-refractivity contribution in [1.29, 1.82) is 0 Å². The molecule has 6 heterocycles. The number of hydrogen-bond acceptors (Lipinski definition) is 17.